The predicted octanol–water partition coefficient (Wildman–Crippen LogP) is 4.13. The molecule has 1 aromatic heterocycles. The number of benzene rings is 3. The fourth-order valence-electron chi connectivity index (χ4n) is 4.06. The number of rotatable bonds is 5. The van der Waals surface area contributed by atoms with E-state index < -0.39 is 0 Å². The van der Waals surface area contributed by atoms with Gasteiger partial charge in [-0.2, -0.15) is 5.10 Å². The Morgan fingerprint density at radius 2 is 1.81 bits per heavy atom. The highest BCUT2D eigenvalue weighted by Gasteiger charge is 2.18. The summed E-state index contributed by atoms with van der Waals surface area (Å²) in [4.78, 5) is 25.0. The van der Waals surface area contributed by atoms with Crippen LogP contribution in [0.1, 0.15) is 11.1 Å². The Hall–Kier alpha value is -4.19. The van der Waals surface area contributed by atoms with Crippen molar-refractivity contribution in [1.82, 2.24) is 9.78 Å². The van der Waals surface area contributed by atoms with Crippen LogP contribution >= 0.6 is 0 Å². The number of nitrogens with one attached hydrogen (secondary N) is 1. The minimum atomic E-state index is -0.337. The van der Waals surface area contributed by atoms with Crippen LogP contribution in [0.15, 0.2) is 83.7 Å². The molecule has 6 heteroatoms. The van der Waals surface area contributed by atoms with Crippen LogP contribution in [0.5, 0.6) is 5.75 Å². The van der Waals surface area contributed by atoms with Crippen LogP contribution < -0.4 is 15.6 Å². The van der Waals surface area contributed by atoms with Crippen molar-refractivity contribution < 1.29 is 9.53 Å². The molecule has 6 nitrogen and oxygen atoms in total. The second-order valence-electron chi connectivity index (χ2n) is 7.70. The van der Waals surface area contributed by atoms with Gasteiger partial charge < -0.3 is 10.1 Å². The minimum Gasteiger partial charge on any atom is -0.497 e. The molecule has 0 spiro atoms. The Bertz CT molecular complexity index is 1390. The van der Waals surface area contributed by atoms with Gasteiger partial charge in [0.15, 0.2) is 0 Å². The number of carbonyl (C=O) groups is 1. The normalized spacial score (nSPS) is 11.5. The molecule has 0 bridgehead atoms. The van der Waals surface area contributed by atoms with Gasteiger partial charge in [-0.15, -0.1) is 0 Å². The van der Waals surface area contributed by atoms with Crippen molar-refractivity contribution in [2.45, 2.75) is 13.0 Å². The quantitative estimate of drug-likeness (QED) is 0.461. The van der Waals surface area contributed by atoms with E-state index in [9.17, 15) is 9.59 Å². The average molecular weight is 423 g/mol. The van der Waals surface area contributed by atoms with Crippen LogP contribution in [0.2, 0.25) is 0 Å². The smallest absolute Gasteiger partial charge is 0.267 e. The van der Waals surface area contributed by atoms with E-state index >= 15 is 0 Å². The van der Waals surface area contributed by atoms with Crippen molar-refractivity contribution in [1.29, 1.82) is 0 Å². The minimum absolute atomic E-state index is 0.173. The molecule has 1 heterocycles. The van der Waals surface area contributed by atoms with E-state index in [1.54, 1.807) is 13.2 Å². The summed E-state index contributed by atoms with van der Waals surface area (Å²) < 4.78 is 6.43. The summed E-state index contributed by atoms with van der Waals surface area (Å²) in [5.41, 5.74) is 6.67. The van der Waals surface area contributed by atoms with Gasteiger partial charge in [0.25, 0.3) is 5.56 Å². The van der Waals surface area contributed by atoms with Crippen molar-refractivity contribution in [3.05, 3.63) is 100 Å². The maximum absolute atomic E-state index is 12.7. The molecular formula is C26H21N3O3. The first-order chi connectivity index (χ1) is 15.6. The molecule has 0 aliphatic heterocycles. The molecule has 158 valence electrons. The first-order valence-electron chi connectivity index (χ1n) is 10.3. The van der Waals surface area contributed by atoms with Crippen LogP contribution in [-0.2, 0) is 17.8 Å². The van der Waals surface area contributed by atoms with E-state index in [1.165, 1.54) is 33.0 Å². The maximum atomic E-state index is 12.7. The standard InChI is InChI=1S/C26H21N3O3/c1-32-21-7-4-6-18(15-21)24-11-12-26(31)29(28-24)16-25(30)27-20-9-10-23-19(14-20)13-17-5-2-3-8-22(17)23/h2-12,14-15H,13,16H2,1H3,(H,27,30). The van der Waals surface area contributed by atoms with Crippen molar-refractivity contribution in [2.24, 2.45) is 0 Å². The summed E-state index contributed by atoms with van der Waals surface area (Å²) >= 11 is 0. The van der Waals surface area contributed by atoms with E-state index in [2.05, 4.69) is 22.5 Å². The lowest BCUT2D eigenvalue weighted by molar-refractivity contribution is -0.117. The molecular weight excluding hydrogens is 402 g/mol. The molecule has 0 unspecified atom stereocenters. The number of aromatic nitrogens is 2. The molecule has 3 aromatic carbocycles. The summed E-state index contributed by atoms with van der Waals surface area (Å²) in [7, 11) is 1.59. The molecule has 1 aliphatic carbocycles. The third-order valence-electron chi connectivity index (χ3n) is 5.60. The SMILES string of the molecule is COc1cccc(-c2ccc(=O)n(CC(=O)Nc3ccc4c(c3)Cc3ccccc3-4)n2)c1. The fourth-order valence-corrected chi connectivity index (χ4v) is 4.06. The van der Waals surface area contributed by atoms with E-state index in [1.807, 2.05) is 54.6 Å². The third kappa shape index (κ3) is 3.78. The summed E-state index contributed by atoms with van der Waals surface area (Å²) in [6.45, 7) is -0.173. The lowest BCUT2D eigenvalue weighted by Crippen LogP contribution is -2.29. The molecule has 5 rings (SSSR count). The van der Waals surface area contributed by atoms with Crippen LogP contribution in [0.3, 0.4) is 0 Å². The molecule has 0 atom stereocenters. The number of carbonyl (C=O) groups excluding carboxylic acids is 1. The second-order valence-corrected chi connectivity index (χ2v) is 7.70. The van der Waals surface area contributed by atoms with Gasteiger partial charge in [0, 0.05) is 17.3 Å². The van der Waals surface area contributed by atoms with Gasteiger partial charge in [0.2, 0.25) is 5.91 Å². The zero-order valence-corrected chi connectivity index (χ0v) is 17.5. The predicted molar refractivity (Wildman–Crippen MR) is 124 cm³/mol. The zero-order valence-electron chi connectivity index (χ0n) is 17.5. The van der Waals surface area contributed by atoms with Gasteiger partial charge in [-0.05, 0) is 59.0 Å². The molecule has 0 fully saturated rings. The lowest BCUT2D eigenvalue weighted by Gasteiger charge is -2.10. The third-order valence-corrected chi connectivity index (χ3v) is 5.60. The molecule has 1 N–H and O–H groups in total. The highest BCUT2D eigenvalue weighted by atomic mass is 16.5. The van der Waals surface area contributed by atoms with E-state index in [4.69, 9.17) is 4.74 Å². The monoisotopic (exact) mass is 423 g/mol. The molecule has 0 radical (unpaired) electrons. The Kier molecular flexibility index (Phi) is 5.03. The Labute approximate surface area is 185 Å². The highest BCUT2D eigenvalue weighted by molar-refractivity contribution is 5.91. The lowest BCUT2D eigenvalue weighted by atomic mass is 10.1. The van der Waals surface area contributed by atoms with Crippen molar-refractivity contribution in [3.8, 4) is 28.1 Å². The fraction of sp³-hybridized carbons (Fsp3) is 0.115. The Morgan fingerprint density at radius 3 is 2.69 bits per heavy atom. The van der Waals surface area contributed by atoms with Crippen LogP contribution in [-0.4, -0.2) is 22.8 Å². The highest BCUT2D eigenvalue weighted by Crippen LogP contribution is 2.37. The molecule has 0 saturated heterocycles. The molecule has 0 saturated carbocycles. The van der Waals surface area contributed by atoms with Crippen molar-refractivity contribution in [2.75, 3.05) is 12.4 Å². The van der Waals surface area contributed by atoms with Crippen molar-refractivity contribution in [3.63, 3.8) is 0 Å². The average Bonchev–Trinajstić information content (AvgIpc) is 3.18. The van der Waals surface area contributed by atoms with Crippen LogP contribution in [0.25, 0.3) is 22.4 Å². The number of anilines is 1. The maximum Gasteiger partial charge on any atom is 0.267 e. The molecule has 1 aliphatic rings. The van der Waals surface area contributed by atoms with Gasteiger partial charge in [-0.25, -0.2) is 4.68 Å². The number of ether oxygens (including phenoxy) is 1. The number of amides is 1. The topological polar surface area (TPSA) is 73.2 Å². The first kappa shape index (κ1) is 19.8. The Morgan fingerprint density at radius 1 is 0.969 bits per heavy atom. The molecule has 4 aromatic rings. The number of hydrogen-bond donors (Lipinski definition) is 1. The van der Waals surface area contributed by atoms with Crippen molar-refractivity contribution >= 4 is 11.6 Å². The number of methoxy groups -OCH3 is 1. The van der Waals surface area contributed by atoms with E-state index in [-0.39, 0.29) is 18.0 Å². The van der Waals surface area contributed by atoms with Gasteiger partial charge in [-0.1, -0.05) is 42.5 Å². The Balaban J connectivity index is 1.34. The van der Waals surface area contributed by atoms with Gasteiger partial charge in [-0.3, -0.25) is 9.59 Å². The van der Waals surface area contributed by atoms with Gasteiger partial charge >= 0.3 is 0 Å². The summed E-state index contributed by atoms with van der Waals surface area (Å²) in [5, 5.41) is 7.27. The second kappa shape index (κ2) is 8.15. The zero-order chi connectivity index (χ0) is 22.1. The van der Waals surface area contributed by atoms with Crippen LogP contribution in [0.4, 0.5) is 5.69 Å². The summed E-state index contributed by atoms with van der Waals surface area (Å²) in [5.74, 6) is 0.386. The van der Waals surface area contributed by atoms with E-state index in [0.29, 0.717) is 17.1 Å². The van der Waals surface area contributed by atoms with E-state index in [0.717, 1.165) is 12.0 Å². The molecule has 32 heavy (non-hydrogen) atoms. The van der Waals surface area contributed by atoms with Gasteiger partial charge in [0.1, 0.15) is 12.3 Å². The number of hydrogen-bond acceptors (Lipinski definition) is 4. The number of nitrogens with zero attached hydrogens (tertiary/aromatic N) is 2. The van der Waals surface area contributed by atoms with Crippen LogP contribution in [0, 0.1) is 0 Å². The largest absolute Gasteiger partial charge is 0.497 e. The summed E-state index contributed by atoms with van der Waals surface area (Å²) in [6.07, 6.45) is 0.846. The number of fused-ring (bicyclic) bond motifs is 3. The van der Waals surface area contributed by atoms with Gasteiger partial charge in [0.05, 0.1) is 12.8 Å². The summed E-state index contributed by atoms with van der Waals surface area (Å²) in [6, 6.07) is 24.7. The first-order valence-corrected chi connectivity index (χ1v) is 10.3. The molecule has 1 amide bonds.